The second-order valence-electron chi connectivity index (χ2n) is 4.54. The summed E-state index contributed by atoms with van der Waals surface area (Å²) in [6.45, 7) is 0. The Bertz CT molecular complexity index is 389. The van der Waals surface area contributed by atoms with Crippen molar-refractivity contribution in [3.05, 3.63) is 35.4 Å². The Balaban J connectivity index is 2.71. The van der Waals surface area contributed by atoms with Gasteiger partial charge in [-0.05, 0) is 36.3 Å². The lowest BCUT2D eigenvalue weighted by Gasteiger charge is -2.15. The summed E-state index contributed by atoms with van der Waals surface area (Å²) < 4.78 is 0. The highest BCUT2D eigenvalue weighted by Crippen LogP contribution is 2.25. The maximum Gasteiger partial charge on any atom is 0.320 e. The number of halogens is 2. The van der Waals surface area contributed by atoms with Crippen LogP contribution in [0, 0.1) is 0 Å². The van der Waals surface area contributed by atoms with Gasteiger partial charge in [0.05, 0.1) is 0 Å². The highest BCUT2D eigenvalue weighted by molar-refractivity contribution is 6.18. The third-order valence-electron chi connectivity index (χ3n) is 3.14. The molecular formula is C14H19Cl2NO2. The summed E-state index contributed by atoms with van der Waals surface area (Å²) >= 11 is 11.6. The van der Waals surface area contributed by atoms with Gasteiger partial charge in [0.1, 0.15) is 6.04 Å². The largest absolute Gasteiger partial charge is 0.480 e. The molecule has 0 aromatic heterocycles. The fraction of sp³-hybridized carbons (Fsp3) is 0.500. The molecule has 0 amide bonds. The zero-order chi connectivity index (χ0) is 14.3. The van der Waals surface area contributed by atoms with Crippen LogP contribution in [-0.2, 0) is 11.2 Å². The first-order valence-corrected chi connectivity index (χ1v) is 7.34. The lowest BCUT2D eigenvalue weighted by molar-refractivity contribution is -0.138. The molecule has 1 aromatic carbocycles. The zero-order valence-electron chi connectivity index (χ0n) is 10.7. The van der Waals surface area contributed by atoms with Gasteiger partial charge in [0.15, 0.2) is 0 Å². The minimum atomic E-state index is -0.980. The summed E-state index contributed by atoms with van der Waals surface area (Å²) in [6, 6.07) is 7.01. The summed E-state index contributed by atoms with van der Waals surface area (Å²) in [7, 11) is 0. The average molecular weight is 304 g/mol. The molecule has 0 fully saturated rings. The molecular weight excluding hydrogens is 285 g/mol. The molecule has 0 aliphatic rings. The number of benzene rings is 1. The first-order valence-electron chi connectivity index (χ1n) is 6.27. The van der Waals surface area contributed by atoms with E-state index in [0.29, 0.717) is 24.1 Å². The van der Waals surface area contributed by atoms with Crippen LogP contribution in [0.25, 0.3) is 0 Å². The van der Waals surface area contributed by atoms with Crippen LogP contribution < -0.4 is 5.73 Å². The van der Waals surface area contributed by atoms with Crippen molar-refractivity contribution < 1.29 is 9.90 Å². The fourth-order valence-corrected chi connectivity index (χ4v) is 2.54. The van der Waals surface area contributed by atoms with Gasteiger partial charge < -0.3 is 10.8 Å². The van der Waals surface area contributed by atoms with Crippen LogP contribution >= 0.6 is 23.2 Å². The van der Waals surface area contributed by atoms with Crippen molar-refractivity contribution in [3.63, 3.8) is 0 Å². The van der Waals surface area contributed by atoms with E-state index in [1.54, 1.807) is 0 Å². The topological polar surface area (TPSA) is 63.3 Å². The molecule has 0 spiro atoms. The number of hydrogen-bond acceptors (Lipinski definition) is 2. The number of rotatable bonds is 8. The molecule has 5 heteroatoms. The third-order valence-corrected chi connectivity index (χ3v) is 3.58. The molecule has 0 saturated carbocycles. The number of carboxylic acids is 1. The molecule has 0 radical (unpaired) electrons. The maximum absolute atomic E-state index is 10.7. The van der Waals surface area contributed by atoms with E-state index in [4.69, 9.17) is 34.0 Å². The van der Waals surface area contributed by atoms with Crippen molar-refractivity contribution in [2.45, 2.75) is 31.2 Å². The van der Waals surface area contributed by atoms with Crippen LogP contribution in [0.3, 0.4) is 0 Å². The van der Waals surface area contributed by atoms with Crippen molar-refractivity contribution in [3.8, 4) is 0 Å². The van der Waals surface area contributed by atoms with E-state index in [0.717, 1.165) is 18.4 Å². The van der Waals surface area contributed by atoms with Crippen LogP contribution in [-0.4, -0.2) is 28.9 Å². The Hall–Kier alpha value is -0.770. The molecule has 106 valence electrons. The SMILES string of the molecule is NC(Cc1ccc(C(CCCl)CCCl)cc1)C(=O)O. The molecule has 0 aliphatic carbocycles. The zero-order valence-corrected chi connectivity index (χ0v) is 12.2. The number of carbonyl (C=O) groups is 1. The van der Waals surface area contributed by atoms with E-state index in [9.17, 15) is 4.79 Å². The molecule has 0 saturated heterocycles. The van der Waals surface area contributed by atoms with E-state index < -0.39 is 12.0 Å². The van der Waals surface area contributed by atoms with E-state index in [-0.39, 0.29) is 0 Å². The van der Waals surface area contributed by atoms with Gasteiger partial charge in [-0.3, -0.25) is 4.79 Å². The Kier molecular flexibility index (Phi) is 7.21. The quantitative estimate of drug-likeness (QED) is 0.726. The van der Waals surface area contributed by atoms with Crippen LogP contribution in [0.15, 0.2) is 24.3 Å². The lowest BCUT2D eigenvalue weighted by Crippen LogP contribution is -2.32. The van der Waals surface area contributed by atoms with Crippen molar-refractivity contribution in [2.75, 3.05) is 11.8 Å². The first kappa shape index (κ1) is 16.3. The van der Waals surface area contributed by atoms with Gasteiger partial charge in [0.25, 0.3) is 0 Å². The van der Waals surface area contributed by atoms with Gasteiger partial charge in [-0.25, -0.2) is 0 Å². The van der Waals surface area contributed by atoms with Gasteiger partial charge in [-0.2, -0.15) is 0 Å². The number of alkyl halides is 2. The summed E-state index contributed by atoms with van der Waals surface area (Å²) in [6.07, 6.45) is 2.12. The van der Waals surface area contributed by atoms with Crippen molar-refractivity contribution >= 4 is 29.2 Å². The van der Waals surface area contributed by atoms with Crippen LogP contribution in [0.5, 0.6) is 0 Å². The number of carboxylic acid groups (broad SMARTS) is 1. The fourth-order valence-electron chi connectivity index (χ4n) is 2.01. The van der Waals surface area contributed by atoms with Crippen molar-refractivity contribution in [1.82, 2.24) is 0 Å². The van der Waals surface area contributed by atoms with Gasteiger partial charge in [0, 0.05) is 11.8 Å². The van der Waals surface area contributed by atoms with Crippen LogP contribution in [0.1, 0.15) is 29.9 Å². The number of aliphatic carboxylic acids is 1. The third kappa shape index (κ3) is 5.39. The molecule has 19 heavy (non-hydrogen) atoms. The predicted octanol–water partition coefficient (Wildman–Crippen LogP) is 2.98. The predicted molar refractivity (Wildman–Crippen MR) is 79.2 cm³/mol. The summed E-state index contributed by atoms with van der Waals surface area (Å²) in [5.41, 5.74) is 7.62. The number of nitrogens with two attached hydrogens (primary N) is 1. The van der Waals surface area contributed by atoms with Crippen molar-refractivity contribution in [1.29, 1.82) is 0 Å². The average Bonchev–Trinajstić information content (AvgIpc) is 2.39. The minimum Gasteiger partial charge on any atom is -0.480 e. The molecule has 1 unspecified atom stereocenters. The minimum absolute atomic E-state index is 0.339. The van der Waals surface area contributed by atoms with Crippen LogP contribution in [0.2, 0.25) is 0 Å². The lowest BCUT2D eigenvalue weighted by atomic mass is 9.92. The van der Waals surface area contributed by atoms with Gasteiger partial charge in [0.2, 0.25) is 0 Å². The van der Waals surface area contributed by atoms with E-state index in [1.165, 1.54) is 5.56 Å². The molecule has 3 nitrogen and oxygen atoms in total. The van der Waals surface area contributed by atoms with E-state index in [2.05, 4.69) is 0 Å². The second kappa shape index (κ2) is 8.41. The summed E-state index contributed by atoms with van der Waals surface area (Å²) in [5, 5.41) is 8.77. The van der Waals surface area contributed by atoms with Crippen LogP contribution in [0.4, 0.5) is 0 Å². The second-order valence-corrected chi connectivity index (χ2v) is 5.30. The monoisotopic (exact) mass is 303 g/mol. The van der Waals surface area contributed by atoms with Gasteiger partial charge in [-0.1, -0.05) is 24.3 Å². The highest BCUT2D eigenvalue weighted by atomic mass is 35.5. The summed E-state index contributed by atoms with van der Waals surface area (Å²) in [5.74, 6) is 0.587. The normalized spacial score (nSPS) is 12.6. The number of hydrogen-bond donors (Lipinski definition) is 2. The highest BCUT2D eigenvalue weighted by Gasteiger charge is 2.13. The molecule has 0 aliphatic heterocycles. The molecule has 0 bridgehead atoms. The molecule has 1 aromatic rings. The van der Waals surface area contributed by atoms with Gasteiger partial charge >= 0.3 is 5.97 Å². The Morgan fingerprint density at radius 2 is 1.68 bits per heavy atom. The van der Waals surface area contributed by atoms with Crippen molar-refractivity contribution in [2.24, 2.45) is 5.73 Å². The molecule has 0 heterocycles. The molecule has 3 N–H and O–H groups in total. The molecule has 1 rings (SSSR count). The Morgan fingerprint density at radius 1 is 1.16 bits per heavy atom. The standard InChI is InChI=1S/C14H19Cl2NO2/c15-7-5-12(6-8-16)11-3-1-10(2-4-11)9-13(17)14(18)19/h1-4,12-13H,5-9,17H2,(H,18,19). The Labute approximate surface area is 123 Å². The smallest absolute Gasteiger partial charge is 0.320 e. The Morgan fingerprint density at radius 3 is 2.11 bits per heavy atom. The van der Waals surface area contributed by atoms with Gasteiger partial charge in [-0.15, -0.1) is 23.2 Å². The van der Waals surface area contributed by atoms with E-state index >= 15 is 0 Å². The maximum atomic E-state index is 10.7. The molecule has 1 atom stereocenters. The summed E-state index contributed by atoms with van der Waals surface area (Å²) in [4.78, 5) is 10.7. The first-order chi connectivity index (χ1) is 9.08. The van der Waals surface area contributed by atoms with E-state index in [1.807, 2.05) is 24.3 Å².